The first-order valence-corrected chi connectivity index (χ1v) is 9.13. The molecule has 3 rings (SSSR count). The number of nitrogens with one attached hydrogen (secondary N) is 1. The number of allylic oxidation sites excluding steroid dienone is 1. The molecule has 0 saturated carbocycles. The van der Waals surface area contributed by atoms with Gasteiger partial charge in [0, 0.05) is 0 Å². The van der Waals surface area contributed by atoms with Crippen LogP contribution < -0.4 is 19.0 Å². The molecular weight excluding hydrogens is 358 g/mol. The number of carbonyl (C=O) groups is 1. The molecule has 0 aliphatic carbocycles. The molecule has 26 heavy (non-hydrogen) atoms. The molecule has 8 heteroatoms. The molecule has 0 saturated heterocycles. The summed E-state index contributed by atoms with van der Waals surface area (Å²) in [6.07, 6.45) is 2.35. The molecule has 1 amide bonds. The van der Waals surface area contributed by atoms with Crippen LogP contribution in [0.1, 0.15) is 5.56 Å². The summed E-state index contributed by atoms with van der Waals surface area (Å²) in [6, 6.07) is 9.06. The highest BCUT2D eigenvalue weighted by Crippen LogP contribution is 2.34. The standard InChI is InChI=1S/C18H17NO6S/c1-3-4-12-5-7-16(17(9-12)23-2)25-26(21,22)13-6-8-15-14(10-13)19-18(20)11-24-15/h3,5-10H,1,4,11H2,2H3,(H,19,20). The highest BCUT2D eigenvalue weighted by atomic mass is 32.2. The second-order valence-electron chi connectivity index (χ2n) is 5.51. The van der Waals surface area contributed by atoms with E-state index in [0.717, 1.165) is 5.56 Å². The van der Waals surface area contributed by atoms with E-state index < -0.39 is 10.1 Å². The minimum atomic E-state index is -4.13. The van der Waals surface area contributed by atoms with Crippen LogP contribution >= 0.6 is 0 Å². The Balaban J connectivity index is 1.91. The Morgan fingerprint density at radius 2 is 2.04 bits per heavy atom. The van der Waals surface area contributed by atoms with Crippen LogP contribution in [0.5, 0.6) is 17.2 Å². The van der Waals surface area contributed by atoms with Crippen LogP contribution in [-0.2, 0) is 21.3 Å². The topological polar surface area (TPSA) is 90.9 Å². The van der Waals surface area contributed by atoms with Crippen LogP contribution in [0, 0.1) is 0 Å². The molecule has 0 spiro atoms. The van der Waals surface area contributed by atoms with Crippen LogP contribution in [-0.4, -0.2) is 28.0 Å². The van der Waals surface area contributed by atoms with Crippen molar-refractivity contribution in [1.29, 1.82) is 0 Å². The Bertz CT molecular complexity index is 968. The van der Waals surface area contributed by atoms with Crippen molar-refractivity contribution in [2.24, 2.45) is 0 Å². The smallest absolute Gasteiger partial charge is 0.339 e. The highest BCUT2D eigenvalue weighted by Gasteiger charge is 2.23. The lowest BCUT2D eigenvalue weighted by Crippen LogP contribution is -2.25. The van der Waals surface area contributed by atoms with Gasteiger partial charge < -0.3 is 19.0 Å². The minimum absolute atomic E-state index is 0.0679. The van der Waals surface area contributed by atoms with Crippen LogP contribution in [0.25, 0.3) is 0 Å². The lowest BCUT2D eigenvalue weighted by atomic mass is 10.1. The first-order valence-electron chi connectivity index (χ1n) is 7.72. The van der Waals surface area contributed by atoms with Gasteiger partial charge in [-0.05, 0) is 42.3 Å². The summed E-state index contributed by atoms with van der Waals surface area (Å²) in [6.45, 7) is 3.56. The van der Waals surface area contributed by atoms with Gasteiger partial charge in [0.15, 0.2) is 18.1 Å². The van der Waals surface area contributed by atoms with E-state index in [2.05, 4.69) is 11.9 Å². The maximum Gasteiger partial charge on any atom is 0.339 e. The second-order valence-corrected chi connectivity index (χ2v) is 7.06. The van der Waals surface area contributed by atoms with Crippen LogP contribution in [0.15, 0.2) is 53.9 Å². The van der Waals surface area contributed by atoms with Crippen molar-refractivity contribution < 1.29 is 26.9 Å². The predicted molar refractivity (Wildman–Crippen MR) is 95.3 cm³/mol. The second kappa shape index (κ2) is 7.09. The van der Waals surface area contributed by atoms with Gasteiger partial charge in [0.05, 0.1) is 12.8 Å². The van der Waals surface area contributed by atoms with E-state index in [4.69, 9.17) is 13.7 Å². The third-order valence-electron chi connectivity index (χ3n) is 3.68. The van der Waals surface area contributed by atoms with Crippen LogP contribution in [0.3, 0.4) is 0 Å². The summed E-state index contributed by atoms with van der Waals surface area (Å²) in [5, 5.41) is 2.56. The van der Waals surface area contributed by atoms with E-state index in [-0.39, 0.29) is 28.8 Å². The minimum Gasteiger partial charge on any atom is -0.493 e. The molecule has 1 aliphatic heterocycles. The van der Waals surface area contributed by atoms with Crippen molar-refractivity contribution in [3.63, 3.8) is 0 Å². The summed E-state index contributed by atoms with van der Waals surface area (Å²) >= 11 is 0. The quantitative estimate of drug-likeness (QED) is 0.616. The molecule has 0 radical (unpaired) electrons. The molecule has 0 bridgehead atoms. The van der Waals surface area contributed by atoms with Crippen molar-refractivity contribution >= 4 is 21.7 Å². The summed E-state index contributed by atoms with van der Waals surface area (Å²) < 4.78 is 40.9. The Kier molecular flexibility index (Phi) is 4.85. The van der Waals surface area contributed by atoms with E-state index in [0.29, 0.717) is 17.9 Å². The van der Waals surface area contributed by atoms with Crippen molar-refractivity contribution in [2.75, 3.05) is 19.0 Å². The molecule has 7 nitrogen and oxygen atoms in total. The number of hydrogen-bond acceptors (Lipinski definition) is 6. The summed E-state index contributed by atoms with van der Waals surface area (Å²) in [4.78, 5) is 11.3. The fourth-order valence-corrected chi connectivity index (χ4v) is 3.43. The number of ether oxygens (including phenoxy) is 2. The number of anilines is 1. The number of hydrogen-bond donors (Lipinski definition) is 1. The largest absolute Gasteiger partial charge is 0.493 e. The van der Waals surface area contributed by atoms with E-state index in [1.165, 1.54) is 31.4 Å². The third kappa shape index (κ3) is 3.65. The zero-order valence-corrected chi connectivity index (χ0v) is 14.8. The first-order chi connectivity index (χ1) is 12.4. The molecule has 0 fully saturated rings. The number of carbonyl (C=O) groups excluding carboxylic acids is 1. The van der Waals surface area contributed by atoms with Crippen molar-refractivity contribution in [3.05, 3.63) is 54.6 Å². The van der Waals surface area contributed by atoms with Gasteiger partial charge in [-0.25, -0.2) is 0 Å². The van der Waals surface area contributed by atoms with E-state index >= 15 is 0 Å². The van der Waals surface area contributed by atoms with Gasteiger partial charge in [-0.1, -0.05) is 12.1 Å². The lowest BCUT2D eigenvalue weighted by molar-refractivity contribution is -0.118. The molecule has 136 valence electrons. The fourth-order valence-electron chi connectivity index (χ4n) is 2.46. The molecule has 1 heterocycles. The Morgan fingerprint density at radius 3 is 2.77 bits per heavy atom. The number of benzene rings is 2. The maximum absolute atomic E-state index is 12.6. The fraction of sp³-hybridized carbons (Fsp3) is 0.167. The van der Waals surface area contributed by atoms with Gasteiger partial charge in [0.2, 0.25) is 0 Å². The van der Waals surface area contributed by atoms with Gasteiger partial charge in [-0.2, -0.15) is 8.42 Å². The average molecular weight is 375 g/mol. The van der Waals surface area contributed by atoms with Gasteiger partial charge >= 0.3 is 10.1 Å². The predicted octanol–water partition coefficient (Wildman–Crippen LogP) is 2.52. The molecule has 1 N–H and O–H groups in total. The van der Waals surface area contributed by atoms with Crippen molar-refractivity contribution in [3.8, 4) is 17.2 Å². The normalized spacial score (nSPS) is 13.2. The highest BCUT2D eigenvalue weighted by molar-refractivity contribution is 7.87. The monoisotopic (exact) mass is 375 g/mol. The SMILES string of the molecule is C=CCc1ccc(OS(=O)(=O)c2ccc3c(c2)NC(=O)CO3)c(OC)c1. The zero-order chi connectivity index (χ0) is 18.7. The summed E-state index contributed by atoms with van der Waals surface area (Å²) in [5.74, 6) is 0.406. The molecule has 0 unspecified atom stereocenters. The average Bonchev–Trinajstić information content (AvgIpc) is 2.62. The first kappa shape index (κ1) is 17.8. The molecule has 2 aromatic rings. The molecule has 1 aliphatic rings. The number of amides is 1. The van der Waals surface area contributed by atoms with Gasteiger partial charge in [0.25, 0.3) is 5.91 Å². The summed E-state index contributed by atoms with van der Waals surface area (Å²) in [5.41, 5.74) is 1.19. The van der Waals surface area contributed by atoms with Crippen molar-refractivity contribution in [2.45, 2.75) is 11.3 Å². The number of fused-ring (bicyclic) bond motifs is 1. The Morgan fingerprint density at radius 1 is 1.23 bits per heavy atom. The van der Waals surface area contributed by atoms with Gasteiger partial charge in [-0.3, -0.25) is 4.79 Å². The van der Waals surface area contributed by atoms with Crippen molar-refractivity contribution in [1.82, 2.24) is 0 Å². The third-order valence-corrected chi connectivity index (χ3v) is 4.91. The Hall–Kier alpha value is -3.00. The van der Waals surface area contributed by atoms with Crippen LogP contribution in [0.2, 0.25) is 0 Å². The van der Waals surface area contributed by atoms with Gasteiger partial charge in [0.1, 0.15) is 10.6 Å². The molecular formula is C18H17NO6S. The zero-order valence-electron chi connectivity index (χ0n) is 14.0. The maximum atomic E-state index is 12.6. The Labute approximate surface area is 151 Å². The lowest BCUT2D eigenvalue weighted by Gasteiger charge is -2.18. The van der Waals surface area contributed by atoms with E-state index in [9.17, 15) is 13.2 Å². The number of rotatable bonds is 6. The molecule has 0 atom stereocenters. The van der Waals surface area contributed by atoms with Gasteiger partial charge in [-0.15, -0.1) is 6.58 Å². The molecule has 2 aromatic carbocycles. The number of methoxy groups -OCH3 is 1. The summed E-state index contributed by atoms with van der Waals surface area (Å²) in [7, 11) is -2.70. The van der Waals surface area contributed by atoms with E-state index in [1.807, 2.05) is 0 Å². The molecule has 0 aromatic heterocycles. The van der Waals surface area contributed by atoms with E-state index in [1.54, 1.807) is 18.2 Å². The van der Waals surface area contributed by atoms with Crippen LogP contribution in [0.4, 0.5) is 5.69 Å².